The Morgan fingerprint density at radius 1 is 0.627 bits per heavy atom. The normalized spacial score (nSPS) is 27.3. The number of imidazole rings is 1. The third kappa shape index (κ3) is 22.7. The lowest BCUT2D eigenvalue weighted by Crippen LogP contribution is -2.60. The third-order valence-corrected chi connectivity index (χ3v) is 17.9. The zero-order valence-electron chi connectivity index (χ0n) is 51.2. The first-order valence-corrected chi connectivity index (χ1v) is 30.8. The lowest BCUT2D eigenvalue weighted by atomic mass is 9.45. The molecule has 6 aliphatic rings. The Kier molecular flexibility index (Phi) is 30.9. The minimum atomic E-state index is -0.261. The molecule has 11 atom stereocenters. The smallest absolute Gasteiger partial charge is 0.305 e. The molecule has 0 N–H and O–H groups in total. The van der Waals surface area contributed by atoms with Crippen LogP contribution < -0.4 is 0 Å². The Hall–Kier alpha value is -3.87. The average Bonchev–Trinajstić information content (AvgIpc) is 2.07. The number of esters is 4. The number of morpholine rings is 2. The number of carbonyl (C=O) groups excluding carboxylic acids is 4. The van der Waals surface area contributed by atoms with Crippen LogP contribution in [-0.4, -0.2) is 227 Å². The van der Waals surface area contributed by atoms with Crippen LogP contribution in [0, 0.1) is 46.8 Å². The maximum absolute atomic E-state index is 12.7. The molecule has 1 aromatic carbocycles. The second-order valence-electron chi connectivity index (χ2n) is 23.3. The van der Waals surface area contributed by atoms with Gasteiger partial charge in [0.1, 0.15) is 24.9 Å². The van der Waals surface area contributed by atoms with E-state index in [1.807, 2.05) is 24.5 Å². The summed E-state index contributed by atoms with van der Waals surface area (Å²) in [6.45, 7) is 26.5. The zero-order valence-corrected chi connectivity index (χ0v) is 51.2. The van der Waals surface area contributed by atoms with E-state index in [1.54, 1.807) is 14.2 Å². The summed E-state index contributed by atoms with van der Waals surface area (Å²) in [7, 11) is 3.32. The zero-order chi connectivity index (χ0) is 59.2. The van der Waals surface area contributed by atoms with Crippen LogP contribution in [0.15, 0.2) is 30.6 Å². The number of hydrogen-bond donors (Lipinski definition) is 0. The molecule has 83 heavy (non-hydrogen) atoms. The number of methoxy groups -OCH3 is 2. The van der Waals surface area contributed by atoms with Crippen molar-refractivity contribution in [1.82, 2.24) is 19.4 Å². The van der Waals surface area contributed by atoms with Crippen LogP contribution in [-0.2, 0) is 87.3 Å². The molecule has 21 heteroatoms. The summed E-state index contributed by atoms with van der Waals surface area (Å²) in [4.78, 5) is 58.3. The van der Waals surface area contributed by atoms with Gasteiger partial charge in [-0.3, -0.25) is 29.0 Å². The lowest BCUT2D eigenvalue weighted by molar-refractivity contribution is -0.206. The van der Waals surface area contributed by atoms with Gasteiger partial charge in [-0.15, -0.1) is 0 Å². The van der Waals surface area contributed by atoms with Gasteiger partial charge in [-0.25, -0.2) is 4.98 Å². The molecule has 0 bridgehead atoms. The first-order valence-electron chi connectivity index (χ1n) is 30.8. The van der Waals surface area contributed by atoms with E-state index in [0.717, 1.165) is 141 Å². The van der Waals surface area contributed by atoms with Gasteiger partial charge < -0.3 is 66.1 Å². The Balaban J connectivity index is 0.000000239. The van der Waals surface area contributed by atoms with Gasteiger partial charge in [0.2, 0.25) is 0 Å². The summed E-state index contributed by atoms with van der Waals surface area (Å²) in [5, 5.41) is 0. The Labute approximate surface area is 493 Å². The number of carbonyl (C=O) groups is 4. The number of ether oxygens (including phenoxy) is 13. The van der Waals surface area contributed by atoms with Gasteiger partial charge in [0, 0.05) is 99.1 Å². The van der Waals surface area contributed by atoms with E-state index in [0.29, 0.717) is 91.6 Å². The number of fused-ring (bicyclic) bond motifs is 6. The van der Waals surface area contributed by atoms with Crippen molar-refractivity contribution in [3.8, 4) is 0 Å². The fourth-order valence-corrected chi connectivity index (χ4v) is 13.8. The summed E-state index contributed by atoms with van der Waals surface area (Å²) in [6.07, 6.45) is 8.48. The van der Waals surface area contributed by atoms with Crippen LogP contribution in [0.5, 0.6) is 0 Å². The van der Waals surface area contributed by atoms with Crippen molar-refractivity contribution in [3.05, 3.63) is 30.6 Å². The molecule has 6 fully saturated rings. The van der Waals surface area contributed by atoms with Crippen LogP contribution in [0.1, 0.15) is 92.4 Å². The molecule has 0 amide bonds. The molecule has 1 unspecified atom stereocenters. The fourth-order valence-electron chi connectivity index (χ4n) is 13.8. The topological polar surface area (TPSA) is 213 Å². The molecule has 472 valence electrons. The van der Waals surface area contributed by atoms with Crippen molar-refractivity contribution in [2.45, 2.75) is 117 Å². The Morgan fingerprint density at radius 3 is 1.73 bits per heavy atom. The Morgan fingerprint density at radius 2 is 1.16 bits per heavy atom. The van der Waals surface area contributed by atoms with E-state index in [4.69, 9.17) is 61.6 Å². The van der Waals surface area contributed by atoms with Crippen molar-refractivity contribution in [2.75, 3.05) is 166 Å². The van der Waals surface area contributed by atoms with Crippen LogP contribution in [0.3, 0.4) is 0 Å². The van der Waals surface area contributed by atoms with Gasteiger partial charge in [-0.2, -0.15) is 0 Å². The molecule has 0 spiro atoms. The van der Waals surface area contributed by atoms with Gasteiger partial charge in [-0.05, 0) is 98.5 Å². The van der Waals surface area contributed by atoms with Gasteiger partial charge in [-0.1, -0.05) is 26.0 Å². The van der Waals surface area contributed by atoms with E-state index in [-0.39, 0.29) is 83.1 Å². The van der Waals surface area contributed by atoms with Crippen molar-refractivity contribution in [3.63, 3.8) is 0 Å². The second-order valence-corrected chi connectivity index (χ2v) is 23.3. The first-order chi connectivity index (χ1) is 40.3. The summed E-state index contributed by atoms with van der Waals surface area (Å²) in [5.41, 5.74) is 2.14. The lowest BCUT2D eigenvalue weighted by Gasteiger charge is -2.61. The van der Waals surface area contributed by atoms with Crippen molar-refractivity contribution >= 4 is 34.9 Å². The minimum absolute atomic E-state index is 0.0178. The average molecular weight is 1180 g/mol. The number of para-hydroxylation sites is 2. The Bertz CT molecular complexity index is 2160. The highest BCUT2D eigenvalue weighted by atomic mass is 16.6. The quantitative estimate of drug-likeness (QED) is 0.0461. The molecule has 2 saturated heterocycles. The summed E-state index contributed by atoms with van der Waals surface area (Å²) in [5.74, 6) is 0.764. The molecular weight excluding hydrogens is 1070 g/mol. The summed E-state index contributed by atoms with van der Waals surface area (Å²) < 4.78 is 73.0. The predicted octanol–water partition coefficient (Wildman–Crippen LogP) is 6.29. The van der Waals surface area contributed by atoms with Crippen LogP contribution in [0.25, 0.3) is 11.0 Å². The molecule has 4 aliphatic carbocycles. The molecule has 3 heterocycles. The van der Waals surface area contributed by atoms with Crippen LogP contribution in [0.4, 0.5) is 0 Å². The van der Waals surface area contributed by atoms with Gasteiger partial charge in [0.05, 0.1) is 123 Å². The van der Waals surface area contributed by atoms with Gasteiger partial charge >= 0.3 is 23.9 Å². The van der Waals surface area contributed by atoms with Crippen molar-refractivity contribution < 1.29 is 80.8 Å². The second kappa shape index (κ2) is 37.6. The molecule has 2 aliphatic heterocycles. The van der Waals surface area contributed by atoms with E-state index in [1.165, 1.54) is 20.8 Å². The van der Waals surface area contributed by atoms with E-state index in [9.17, 15) is 19.2 Å². The highest BCUT2D eigenvalue weighted by molar-refractivity contribution is 5.75. The maximum Gasteiger partial charge on any atom is 0.305 e. The highest BCUT2D eigenvalue weighted by Gasteiger charge is 2.63. The number of aromatic nitrogens is 2. The molecule has 2 aromatic rings. The molecular formula is C62H102N4O17. The number of benzene rings is 1. The molecule has 21 nitrogen and oxygen atoms in total. The third-order valence-electron chi connectivity index (χ3n) is 17.9. The number of nitrogens with zero attached hydrogens (tertiary/aromatic N) is 4. The summed E-state index contributed by atoms with van der Waals surface area (Å²) in [6, 6.07) is 8.09. The van der Waals surface area contributed by atoms with Crippen molar-refractivity contribution in [2.24, 2.45) is 46.8 Å². The fraction of sp³-hybridized carbons (Fsp3) is 0.823. The highest BCUT2D eigenvalue weighted by Crippen LogP contribution is 2.65. The van der Waals surface area contributed by atoms with Gasteiger partial charge in [0.25, 0.3) is 0 Å². The number of rotatable bonds is 31. The molecule has 8 rings (SSSR count). The van der Waals surface area contributed by atoms with E-state index in [2.05, 4.69) is 39.3 Å². The summed E-state index contributed by atoms with van der Waals surface area (Å²) >= 11 is 0. The minimum Gasteiger partial charge on any atom is -0.464 e. The maximum atomic E-state index is 12.7. The van der Waals surface area contributed by atoms with Crippen LogP contribution in [0.2, 0.25) is 0 Å². The molecule has 1 aromatic heterocycles. The largest absolute Gasteiger partial charge is 0.464 e. The van der Waals surface area contributed by atoms with Crippen LogP contribution >= 0.6 is 0 Å². The SMILES string of the molecule is CC(=O)O[C@@H]1CC[C@@]2(C)[C@@H](C1)C[C@@H](OC(C)=O)[C@H]1[C@@H]3CC[C@H](C(C)CCC(=O)OCCN4CCOCC4)[C@H]3[C@@H](OC(C)=O)C[C@@H]12.COCCOCCOCCOCCN1CCOCC1.COCCOCCOCCn1cnc2ccccc21. The molecule has 0 radical (unpaired) electrons. The van der Waals surface area contributed by atoms with E-state index >= 15 is 0 Å². The standard InChI is InChI=1S/C35H55NO9.C14H20N2O3.C13H27NO5/c1-21(6-9-32(40)42-17-14-36-12-15-41-16-13-36)27-7-8-28-33(27)31(45-24(4)39)20-29-34(28)30(44-23(3)38)19-25-18-26(43-22(2)37)10-11-35(25,29)5;1-17-8-9-19-11-10-18-7-6-16-12-15-13-4-2-3-5-14(13)16;1-15-8-9-18-12-13-19-11-10-17-7-4-14-2-5-16-6-3-14/h21,25-31,33-34H,6-20H2,1-5H3;2-5,12H,6-11H2,1H3;2-13H2,1H3/t21?,25-,26+,27+,28+,29-,30+,31-,33+,34-,35-;;/m0../s1. The monoisotopic (exact) mass is 1170 g/mol. The first kappa shape index (κ1) is 68.2. The molecule has 4 saturated carbocycles. The predicted molar refractivity (Wildman–Crippen MR) is 309 cm³/mol. The van der Waals surface area contributed by atoms with E-state index < -0.39 is 0 Å². The van der Waals surface area contributed by atoms with Gasteiger partial charge in [0.15, 0.2) is 0 Å². The number of hydrogen-bond acceptors (Lipinski definition) is 20. The van der Waals surface area contributed by atoms with Crippen molar-refractivity contribution in [1.29, 1.82) is 0 Å².